The Morgan fingerprint density at radius 3 is 2.30 bits per heavy atom. The number of hydrogen-bond acceptors (Lipinski definition) is 10. The molecular formula is C57H70N2O10. The molecular weight excluding hydrogens is 873 g/mol. The Kier molecular flexibility index (Phi) is 13.6. The van der Waals surface area contributed by atoms with Crippen molar-refractivity contribution in [3.63, 3.8) is 0 Å². The predicted octanol–water partition coefficient (Wildman–Crippen LogP) is 8.27. The Labute approximate surface area is 407 Å². The fourth-order valence-corrected chi connectivity index (χ4v) is 11.9. The molecule has 2 amide bonds. The Bertz CT molecular complexity index is 2470. The molecule has 9 rings (SSSR count). The molecule has 4 fully saturated rings. The Morgan fingerprint density at radius 1 is 0.913 bits per heavy atom. The lowest BCUT2D eigenvalue weighted by Crippen LogP contribution is -2.53. The summed E-state index contributed by atoms with van der Waals surface area (Å²) in [4.78, 5) is 57.9. The maximum Gasteiger partial charge on any atom is 0.339 e. The molecule has 3 aromatic rings. The summed E-state index contributed by atoms with van der Waals surface area (Å²) in [5.41, 5.74) is 5.51. The third-order valence-electron chi connectivity index (χ3n) is 15.7. The maximum absolute atomic E-state index is 14.9. The Balaban J connectivity index is 0.978. The zero-order valence-electron chi connectivity index (χ0n) is 41.3. The molecule has 12 heteroatoms. The molecule has 9 unspecified atom stereocenters. The number of benzene rings is 3. The van der Waals surface area contributed by atoms with Gasteiger partial charge >= 0.3 is 11.9 Å². The number of aliphatic hydroxyl groups is 1. The van der Waals surface area contributed by atoms with E-state index in [0.717, 1.165) is 54.4 Å². The van der Waals surface area contributed by atoms with E-state index >= 15 is 0 Å². The summed E-state index contributed by atoms with van der Waals surface area (Å²) >= 11 is 0. The first-order valence-corrected chi connectivity index (χ1v) is 25.1. The summed E-state index contributed by atoms with van der Waals surface area (Å²) in [6.07, 6.45) is 8.43. The lowest BCUT2D eigenvalue weighted by Gasteiger charge is -2.53. The van der Waals surface area contributed by atoms with Gasteiger partial charge < -0.3 is 39.0 Å². The third-order valence-corrected chi connectivity index (χ3v) is 15.7. The van der Waals surface area contributed by atoms with Gasteiger partial charge in [0.05, 0.1) is 29.9 Å². The van der Waals surface area contributed by atoms with Crippen LogP contribution in [0.3, 0.4) is 0 Å². The average molecular weight is 943 g/mol. The molecule has 6 aliphatic rings. The Morgan fingerprint density at radius 2 is 1.61 bits per heavy atom. The van der Waals surface area contributed by atoms with E-state index in [0.29, 0.717) is 35.8 Å². The van der Waals surface area contributed by atoms with E-state index < -0.39 is 72.1 Å². The standard InChI is InChI=1S/C57H70N2O10/c1-54(2,3)68-49(61)24-22-41(34-60)58-51(62)45(27-35-15-9-8-10-16-35)59(7)52(63)40-29-46(50-47(30-40)66-57(69-50)31-38-18-11-12-19-39(38)32-57)65-53(64)42-20-14-13-17-36(42)28-37-21-23-48-56(6,67-48)26-25-44-43(37)33-55(44,4)5/h8-20,28,30,41,43-48,50,60H,21-27,29,31-34H2,1-7H3,(H,58,62). The van der Waals surface area contributed by atoms with Crippen molar-refractivity contribution in [3.8, 4) is 0 Å². The molecule has 9 atom stereocenters. The molecule has 3 aromatic carbocycles. The van der Waals surface area contributed by atoms with Gasteiger partial charge in [0, 0.05) is 44.7 Å². The van der Waals surface area contributed by atoms with E-state index in [-0.39, 0.29) is 42.8 Å². The van der Waals surface area contributed by atoms with E-state index in [1.807, 2.05) is 66.7 Å². The van der Waals surface area contributed by atoms with Crippen LogP contribution in [0.2, 0.25) is 0 Å². The minimum absolute atomic E-state index is 0.0122. The molecule has 0 aromatic heterocycles. The van der Waals surface area contributed by atoms with Gasteiger partial charge in [-0.2, -0.15) is 0 Å². The minimum atomic E-state index is -1.01. The molecule has 1 spiro atoms. The highest BCUT2D eigenvalue weighted by Gasteiger charge is 2.57. The Hall–Kier alpha value is -5.14. The number of amides is 2. The summed E-state index contributed by atoms with van der Waals surface area (Å²) in [5, 5.41) is 13.2. The number of hydrogen-bond donors (Lipinski definition) is 2. The molecule has 2 heterocycles. The largest absolute Gasteiger partial charge is 0.460 e. The van der Waals surface area contributed by atoms with Gasteiger partial charge in [-0.1, -0.05) is 98.3 Å². The fraction of sp³-hybridized carbons (Fsp3) is 0.544. The van der Waals surface area contributed by atoms with Crippen molar-refractivity contribution in [1.29, 1.82) is 0 Å². The van der Waals surface area contributed by atoms with E-state index in [4.69, 9.17) is 23.7 Å². The van der Waals surface area contributed by atoms with Crippen LogP contribution in [0.15, 0.2) is 96.1 Å². The van der Waals surface area contributed by atoms with Gasteiger partial charge in [0.1, 0.15) is 30.0 Å². The zero-order valence-corrected chi connectivity index (χ0v) is 41.3. The van der Waals surface area contributed by atoms with Crippen molar-refractivity contribution in [3.05, 3.63) is 124 Å². The van der Waals surface area contributed by atoms with E-state index in [1.165, 1.54) is 10.5 Å². The zero-order chi connectivity index (χ0) is 48.9. The lowest BCUT2D eigenvalue weighted by atomic mass is 9.52. The van der Waals surface area contributed by atoms with Crippen molar-refractivity contribution in [2.75, 3.05) is 13.7 Å². The number of likely N-dealkylation sites (N-methyl/N-ethyl adjacent to an activating group) is 1. The SMILES string of the molecule is CN(C(=O)C1=CC2OC3(Cc4ccccc4C3)OC2C(OC(=O)c2ccccc2C=C2CCC3OC3(C)CCC3C2CC3(C)C)C1)C(Cc1ccccc1)C(=O)NC(CO)CCC(=O)OC(C)(C)C. The quantitative estimate of drug-likeness (QED) is 0.127. The molecule has 69 heavy (non-hydrogen) atoms. The molecule has 2 N–H and O–H groups in total. The van der Waals surface area contributed by atoms with E-state index in [1.54, 1.807) is 33.9 Å². The highest BCUT2D eigenvalue weighted by molar-refractivity contribution is 5.98. The van der Waals surface area contributed by atoms with Gasteiger partial charge in [-0.25, -0.2) is 4.79 Å². The number of fused-ring (bicyclic) bond motifs is 4. The minimum Gasteiger partial charge on any atom is -0.460 e. The molecule has 0 radical (unpaired) electrons. The van der Waals surface area contributed by atoms with Crippen LogP contribution in [-0.2, 0) is 57.3 Å². The van der Waals surface area contributed by atoms with Crippen molar-refractivity contribution in [2.24, 2.45) is 17.3 Å². The molecule has 4 aliphatic carbocycles. The van der Waals surface area contributed by atoms with Crippen LogP contribution in [0.25, 0.3) is 6.08 Å². The number of ether oxygens (including phenoxy) is 5. The van der Waals surface area contributed by atoms with Crippen molar-refractivity contribution < 1.29 is 48.0 Å². The van der Waals surface area contributed by atoms with Crippen molar-refractivity contribution in [1.82, 2.24) is 10.2 Å². The number of nitrogens with one attached hydrogen (secondary N) is 1. The fourth-order valence-electron chi connectivity index (χ4n) is 11.9. The van der Waals surface area contributed by atoms with Gasteiger partial charge in [-0.15, -0.1) is 0 Å². The molecule has 0 bridgehead atoms. The normalized spacial score (nSPS) is 28.7. The van der Waals surface area contributed by atoms with Crippen LogP contribution in [0.1, 0.15) is 126 Å². The second-order valence-electron chi connectivity index (χ2n) is 22.4. The number of esters is 2. The topological polar surface area (TPSA) is 153 Å². The monoisotopic (exact) mass is 943 g/mol. The lowest BCUT2D eigenvalue weighted by molar-refractivity contribution is -0.172. The van der Waals surface area contributed by atoms with E-state index in [2.05, 4.69) is 44.3 Å². The molecule has 2 aliphatic heterocycles. The summed E-state index contributed by atoms with van der Waals surface area (Å²) in [5.74, 6) is -1.90. The first-order valence-electron chi connectivity index (χ1n) is 25.1. The van der Waals surface area contributed by atoms with Gasteiger partial charge in [-0.3, -0.25) is 14.4 Å². The molecule has 2 saturated carbocycles. The summed E-state index contributed by atoms with van der Waals surface area (Å²) in [7, 11) is 1.59. The number of rotatable bonds is 13. The van der Waals surface area contributed by atoms with Gasteiger partial charge in [0.25, 0.3) is 0 Å². The second kappa shape index (κ2) is 19.2. The number of nitrogens with zero attached hydrogens (tertiary/aromatic N) is 1. The van der Waals surface area contributed by atoms with Crippen LogP contribution in [0.4, 0.5) is 0 Å². The number of allylic oxidation sites excluding steroid dienone is 1. The molecule has 2 saturated heterocycles. The second-order valence-corrected chi connectivity index (χ2v) is 22.4. The van der Waals surface area contributed by atoms with Crippen LogP contribution < -0.4 is 5.32 Å². The number of carbonyl (C=O) groups excluding carboxylic acids is 4. The maximum atomic E-state index is 14.9. The van der Waals surface area contributed by atoms with Crippen LogP contribution in [-0.4, -0.2) is 101 Å². The summed E-state index contributed by atoms with van der Waals surface area (Å²) in [6, 6.07) is 23.4. The van der Waals surface area contributed by atoms with Crippen molar-refractivity contribution in [2.45, 2.75) is 166 Å². The summed E-state index contributed by atoms with van der Waals surface area (Å²) in [6.45, 7) is 11.9. The van der Waals surface area contributed by atoms with Crippen molar-refractivity contribution >= 4 is 29.8 Å². The van der Waals surface area contributed by atoms with Gasteiger partial charge in [0.15, 0.2) is 5.79 Å². The number of aliphatic hydroxyl groups excluding tert-OH is 1. The number of epoxide rings is 1. The first kappa shape index (κ1) is 48.9. The third kappa shape index (κ3) is 10.6. The van der Waals surface area contributed by atoms with Crippen LogP contribution in [0.5, 0.6) is 0 Å². The van der Waals surface area contributed by atoms with Gasteiger partial charge in [-0.05, 0) is 118 Å². The predicted molar refractivity (Wildman–Crippen MR) is 261 cm³/mol. The number of carbonyl (C=O) groups is 4. The first-order chi connectivity index (χ1) is 32.8. The van der Waals surface area contributed by atoms with E-state index in [9.17, 15) is 24.3 Å². The van der Waals surface area contributed by atoms with Crippen LogP contribution in [0, 0.1) is 17.3 Å². The smallest absolute Gasteiger partial charge is 0.339 e. The molecule has 12 nitrogen and oxygen atoms in total. The summed E-state index contributed by atoms with van der Waals surface area (Å²) < 4.78 is 31.9. The average Bonchev–Trinajstić information content (AvgIpc) is 3.59. The molecule has 368 valence electrons. The van der Waals surface area contributed by atoms with Crippen LogP contribution >= 0.6 is 0 Å². The highest BCUT2D eigenvalue weighted by atomic mass is 16.8. The van der Waals surface area contributed by atoms with Gasteiger partial charge in [0.2, 0.25) is 11.8 Å². The highest BCUT2D eigenvalue weighted by Crippen LogP contribution is 2.60.